The molecule has 5 rings (SSSR count). The Kier molecular flexibility index (Phi) is 17.4. The molecule has 5 aliphatic heterocycles. The van der Waals surface area contributed by atoms with Gasteiger partial charge in [-0.1, -0.05) is 5.06 Å². The van der Waals surface area contributed by atoms with Crippen LogP contribution in [0.1, 0.15) is 65.2 Å². The van der Waals surface area contributed by atoms with E-state index in [9.17, 15) is 80.0 Å². The lowest BCUT2D eigenvalue weighted by Crippen LogP contribution is -2.62. The average Bonchev–Trinajstić information content (AvgIpc) is 3.85. The number of ether oxygens (including phenoxy) is 4. The number of aliphatic carboxylic acids is 2. The number of nitrogens with zero attached hydrogens (tertiary/aromatic N) is 3. The van der Waals surface area contributed by atoms with E-state index in [1.165, 1.54) is 12.4 Å². The van der Waals surface area contributed by atoms with Gasteiger partial charge in [-0.15, -0.1) is 0 Å². The number of carbonyl (C=O) groups excluding carboxylic acids is 4. The summed E-state index contributed by atoms with van der Waals surface area (Å²) in [6, 6.07) is 0. The van der Waals surface area contributed by atoms with Gasteiger partial charge in [0, 0.05) is 78.3 Å². The number of aliphatic hydroxyl groups excluding tert-OH is 6. The van der Waals surface area contributed by atoms with Crippen LogP contribution in [0.5, 0.6) is 0 Å². The van der Waals surface area contributed by atoms with Gasteiger partial charge in [0.15, 0.2) is 25.6 Å². The first-order valence-corrected chi connectivity index (χ1v) is 19.0. The van der Waals surface area contributed by atoms with Gasteiger partial charge in [-0.3, -0.25) is 14.4 Å². The average molecular weight is 900 g/mol. The van der Waals surface area contributed by atoms with Crippen molar-refractivity contribution in [1.29, 1.82) is 0 Å². The van der Waals surface area contributed by atoms with E-state index in [-0.39, 0.29) is 32.6 Å². The van der Waals surface area contributed by atoms with Crippen LogP contribution in [-0.2, 0) is 43.0 Å². The van der Waals surface area contributed by atoms with Gasteiger partial charge in [-0.2, -0.15) is 0 Å². The van der Waals surface area contributed by atoms with Crippen LogP contribution in [0.4, 0.5) is 9.59 Å². The second-order valence-corrected chi connectivity index (χ2v) is 15.5. The summed E-state index contributed by atoms with van der Waals surface area (Å²) in [5, 5.41) is 121. The number of aliphatic hydroxyl groups is 8. The summed E-state index contributed by atoms with van der Waals surface area (Å²) in [6.07, 6.45) is -10.9. The molecule has 0 aromatic carbocycles. The van der Waals surface area contributed by atoms with Gasteiger partial charge in [0.05, 0.1) is 18.3 Å². The van der Waals surface area contributed by atoms with Crippen molar-refractivity contribution >= 4 is 48.4 Å². The van der Waals surface area contributed by atoms with Crippen molar-refractivity contribution in [3.63, 3.8) is 0 Å². The van der Waals surface area contributed by atoms with Gasteiger partial charge in [0.1, 0.15) is 30.5 Å². The lowest BCUT2D eigenvalue weighted by Gasteiger charge is -2.41. The maximum absolute atomic E-state index is 11.7. The quantitative estimate of drug-likeness (QED) is 0.0376. The molecule has 3 amide bonds. The number of hydrogen-bond acceptors (Lipinski definition) is 22. The van der Waals surface area contributed by atoms with Crippen LogP contribution in [0, 0.1) is 10.4 Å². The van der Waals surface area contributed by atoms with E-state index in [0.717, 1.165) is 9.48 Å². The number of nitrogens with two attached hydrogens (primary N) is 1. The zero-order valence-electron chi connectivity index (χ0n) is 33.5. The third kappa shape index (κ3) is 12.6. The van der Waals surface area contributed by atoms with Crippen LogP contribution < -0.4 is 11.1 Å². The molecule has 0 aliphatic carbocycles. The van der Waals surface area contributed by atoms with E-state index >= 15 is 0 Å². The molecule has 3 saturated heterocycles. The Morgan fingerprint density at radius 1 is 0.823 bits per heavy atom. The highest BCUT2D eigenvalue weighted by Crippen LogP contribution is 2.31. The Morgan fingerprint density at radius 3 is 1.63 bits per heavy atom. The summed E-state index contributed by atoms with van der Waals surface area (Å²) in [5.74, 6) is -10.1. The van der Waals surface area contributed by atoms with Crippen molar-refractivity contribution < 1.29 is 113 Å². The predicted octanol–water partition coefficient (Wildman–Crippen LogP) is -5.58. The number of hydroxylamine groups is 4. The Morgan fingerprint density at radius 2 is 1.24 bits per heavy atom. The first kappa shape index (κ1) is 51.5. The van der Waals surface area contributed by atoms with Gasteiger partial charge in [0.25, 0.3) is 23.4 Å². The topological polar surface area (TPSA) is 444 Å². The Labute approximate surface area is 351 Å². The first-order valence-electron chi connectivity index (χ1n) is 19.0. The second kappa shape index (κ2) is 21.0. The fraction of sp³-hybridized carbons (Fsp3) is 0.765. The SMILES string of the molecule is CC1(COC(=O)NC[C@@H](O)C2O[C@@](O)(C(=O)O)C[C@@H](O)[C@H]2O)CCC=[N+]1[O-].CC1(COC(=O)ON2C(=O)CCC2=O)CCC=[N+]1[O-].NC[C@@H](O)C1O[C@@](O)(C(=O)O)C[C@@H](O)[C@H]1O. The van der Waals surface area contributed by atoms with Crippen LogP contribution in [0.3, 0.4) is 0 Å². The molecule has 12 atom stereocenters. The number of rotatable bonds is 12. The number of carbonyl (C=O) groups is 6. The highest BCUT2D eigenvalue weighted by Gasteiger charge is 2.53. The molecule has 352 valence electrons. The predicted molar refractivity (Wildman–Crippen MR) is 197 cm³/mol. The third-order valence-corrected chi connectivity index (χ3v) is 10.4. The highest BCUT2D eigenvalue weighted by atomic mass is 16.8. The minimum absolute atomic E-state index is 0.0210. The fourth-order valence-electron chi connectivity index (χ4n) is 6.42. The van der Waals surface area contributed by atoms with E-state index < -0.39 is 127 Å². The molecular formula is C34H53N5O23. The summed E-state index contributed by atoms with van der Waals surface area (Å²) in [4.78, 5) is 71.8. The molecule has 5 heterocycles. The van der Waals surface area contributed by atoms with Crippen LogP contribution in [0.15, 0.2) is 0 Å². The summed E-state index contributed by atoms with van der Waals surface area (Å²) >= 11 is 0. The molecule has 0 radical (unpaired) electrons. The zero-order valence-corrected chi connectivity index (χ0v) is 33.5. The number of carboxylic acid groups (broad SMARTS) is 2. The smallest absolute Gasteiger partial charge is 0.534 e. The Balaban J connectivity index is 0.000000258. The van der Waals surface area contributed by atoms with Crippen molar-refractivity contribution in [2.24, 2.45) is 5.73 Å². The number of nitrogens with one attached hydrogen (secondary N) is 1. The van der Waals surface area contributed by atoms with Crippen LogP contribution >= 0.6 is 0 Å². The fourth-order valence-corrected chi connectivity index (χ4v) is 6.42. The van der Waals surface area contributed by atoms with Gasteiger partial charge >= 0.3 is 24.2 Å². The maximum Gasteiger partial charge on any atom is 0.534 e. The van der Waals surface area contributed by atoms with Gasteiger partial charge in [0.2, 0.25) is 11.1 Å². The minimum atomic E-state index is -2.78. The molecule has 5 aliphatic rings. The third-order valence-electron chi connectivity index (χ3n) is 10.4. The summed E-state index contributed by atoms with van der Waals surface area (Å²) < 4.78 is 20.7. The van der Waals surface area contributed by atoms with Gasteiger partial charge in [-0.05, 0) is 0 Å². The molecule has 28 nitrogen and oxygen atoms in total. The van der Waals surface area contributed by atoms with Gasteiger partial charge < -0.3 is 91.5 Å². The highest BCUT2D eigenvalue weighted by molar-refractivity contribution is 6.01. The molecule has 0 aromatic heterocycles. The molecule has 13 N–H and O–H groups in total. The number of amides is 3. The number of imide groups is 1. The van der Waals surface area contributed by atoms with Crippen LogP contribution in [0.2, 0.25) is 0 Å². The number of alkyl carbamates (subject to hydrolysis) is 1. The molecule has 4 unspecified atom stereocenters. The lowest BCUT2D eigenvalue weighted by atomic mass is 9.92. The molecule has 0 bridgehead atoms. The maximum atomic E-state index is 11.7. The van der Waals surface area contributed by atoms with Gasteiger partial charge in [-0.25, -0.2) is 28.7 Å². The van der Waals surface area contributed by atoms with Crippen molar-refractivity contribution in [2.45, 2.75) is 137 Å². The molecule has 0 spiro atoms. The van der Waals surface area contributed by atoms with Crippen molar-refractivity contribution in [1.82, 2.24) is 10.4 Å². The first-order chi connectivity index (χ1) is 28.7. The standard InChI is InChI=1S/C15H24N2O10.C11H14N2O6.C8H15NO7/c1-14(3-2-4-17(14)25)7-26-13(23)16-6-9(19)11-10(20)8(18)5-15(24,27-11)12(21)22;1-11(5-2-6-12(11)17)7-18-10(16)19-13-8(14)3-4-9(13)15;9-2-4(11)6-5(12)3(10)1-8(15,16-6)7(13)14/h4,8-11,18-20,24H,2-3,5-7H2,1H3,(H,16,23)(H,21,22);6H,2-5,7H2,1H3;3-6,10-12,15H,1-2,9H2,(H,13,14)/t8-,9-,10-,11?,14?,15-;;3-,4-,5-,6?,8-/m1.1/s1. The van der Waals surface area contributed by atoms with E-state index in [2.05, 4.69) is 14.9 Å². The van der Waals surface area contributed by atoms with Crippen molar-refractivity contribution in [2.75, 3.05) is 26.3 Å². The van der Waals surface area contributed by atoms with E-state index in [1.54, 1.807) is 13.8 Å². The summed E-state index contributed by atoms with van der Waals surface area (Å²) in [5.41, 5.74) is 3.43. The van der Waals surface area contributed by atoms with Crippen molar-refractivity contribution in [3.05, 3.63) is 10.4 Å². The van der Waals surface area contributed by atoms with Crippen molar-refractivity contribution in [3.8, 4) is 0 Å². The summed E-state index contributed by atoms with van der Waals surface area (Å²) in [7, 11) is 0. The minimum Gasteiger partial charge on any atom is -0.624 e. The molecular weight excluding hydrogens is 846 g/mol. The zero-order chi connectivity index (χ0) is 47.0. The molecule has 3 fully saturated rings. The second-order valence-electron chi connectivity index (χ2n) is 15.5. The molecule has 62 heavy (non-hydrogen) atoms. The Bertz CT molecular complexity index is 1700. The van der Waals surface area contributed by atoms with E-state index in [0.29, 0.717) is 30.7 Å². The molecule has 0 aromatic rings. The molecule has 0 saturated carbocycles. The summed E-state index contributed by atoms with van der Waals surface area (Å²) in [6.45, 7) is 2.11. The number of carboxylic acids is 2. The largest absolute Gasteiger partial charge is 0.624 e. The number of hydrogen-bond donors (Lipinski definition) is 12. The lowest BCUT2D eigenvalue weighted by molar-refractivity contribution is -0.536. The monoisotopic (exact) mass is 899 g/mol. The van der Waals surface area contributed by atoms with Crippen LogP contribution in [0.25, 0.3) is 0 Å². The normalized spacial score (nSPS) is 35.2. The van der Waals surface area contributed by atoms with E-state index in [1.807, 2.05) is 0 Å². The Hall–Kier alpha value is -4.88. The van der Waals surface area contributed by atoms with E-state index in [4.69, 9.17) is 30.2 Å². The molecule has 28 heteroatoms. The van der Waals surface area contributed by atoms with Crippen LogP contribution in [-0.4, -0.2) is 212 Å².